The number of rotatable bonds is 2. The van der Waals surface area contributed by atoms with Crippen molar-refractivity contribution in [2.24, 2.45) is 0 Å². The van der Waals surface area contributed by atoms with Crippen LogP contribution in [-0.2, 0) is 0 Å². The molecule has 4 heteroatoms. The smallest absolute Gasteiger partial charge is 0.147 e. The van der Waals surface area contributed by atoms with Crippen LogP contribution in [0.3, 0.4) is 0 Å². The molecule has 3 heterocycles. The number of aromatic nitrogens is 1. The van der Waals surface area contributed by atoms with Gasteiger partial charge in [0.1, 0.15) is 11.9 Å². The van der Waals surface area contributed by atoms with Crippen LogP contribution in [0.25, 0.3) is 0 Å². The molecule has 1 N–H and O–H groups in total. The lowest BCUT2D eigenvalue weighted by Gasteiger charge is -2.31. The molecular weight excluding hydrogens is 236 g/mol. The maximum absolute atomic E-state index is 9.38. The van der Waals surface area contributed by atoms with E-state index in [-0.39, 0.29) is 0 Å². The van der Waals surface area contributed by atoms with Crippen LogP contribution in [0.4, 0.5) is 5.82 Å². The summed E-state index contributed by atoms with van der Waals surface area (Å²) in [5.74, 6) is 0.888. The minimum Gasteiger partial charge on any atom is -0.351 e. The molecule has 0 saturated carbocycles. The average molecular weight is 256 g/mol. The molecule has 4 nitrogen and oxygen atoms in total. The lowest BCUT2D eigenvalue weighted by Crippen LogP contribution is -2.44. The highest BCUT2D eigenvalue weighted by Crippen LogP contribution is 2.31. The van der Waals surface area contributed by atoms with E-state index in [4.69, 9.17) is 0 Å². The molecule has 2 aliphatic rings. The molecule has 1 aromatic rings. The van der Waals surface area contributed by atoms with Crippen LogP contribution in [0.2, 0.25) is 0 Å². The van der Waals surface area contributed by atoms with Gasteiger partial charge in [0.25, 0.3) is 0 Å². The number of anilines is 1. The first-order chi connectivity index (χ1) is 9.31. The first kappa shape index (κ1) is 12.4. The zero-order chi connectivity index (χ0) is 13.2. The lowest BCUT2D eigenvalue weighted by molar-refractivity contribution is 0.480. The Morgan fingerprint density at radius 1 is 1.42 bits per heavy atom. The summed E-state index contributed by atoms with van der Waals surface area (Å²) in [7, 11) is 0. The monoisotopic (exact) mass is 256 g/mol. The predicted molar refractivity (Wildman–Crippen MR) is 75.1 cm³/mol. The summed E-state index contributed by atoms with van der Waals surface area (Å²) >= 11 is 0. The second-order valence-electron chi connectivity index (χ2n) is 5.54. The van der Waals surface area contributed by atoms with Crippen molar-refractivity contribution in [3.05, 3.63) is 23.4 Å². The standard InChI is InChI=1S/C15H20N4/c1-11-6-8-18-15(12(11)10-16)19-9-3-5-14(19)13-4-2-7-17-13/h6,8,13-14,17H,2-5,7,9H2,1H3. The van der Waals surface area contributed by atoms with Gasteiger partial charge < -0.3 is 10.2 Å². The summed E-state index contributed by atoms with van der Waals surface area (Å²) in [5.41, 5.74) is 1.77. The second-order valence-corrected chi connectivity index (χ2v) is 5.54. The molecule has 3 rings (SSSR count). The van der Waals surface area contributed by atoms with E-state index in [1.54, 1.807) is 0 Å². The second kappa shape index (κ2) is 5.18. The minimum absolute atomic E-state index is 0.504. The molecule has 2 fully saturated rings. The van der Waals surface area contributed by atoms with Gasteiger partial charge in [-0.1, -0.05) is 0 Å². The van der Waals surface area contributed by atoms with Crippen molar-refractivity contribution in [3.63, 3.8) is 0 Å². The van der Waals surface area contributed by atoms with E-state index in [2.05, 4.69) is 21.3 Å². The topological polar surface area (TPSA) is 52.0 Å². The van der Waals surface area contributed by atoms with Crippen LogP contribution in [0.5, 0.6) is 0 Å². The third-order valence-electron chi connectivity index (χ3n) is 4.39. The SMILES string of the molecule is Cc1ccnc(N2CCCC2C2CCCN2)c1C#N. The third kappa shape index (κ3) is 2.19. The number of aryl methyl sites for hydroxylation is 1. The van der Waals surface area contributed by atoms with Gasteiger partial charge in [-0.15, -0.1) is 0 Å². The lowest BCUT2D eigenvalue weighted by atomic mass is 10.0. The Balaban J connectivity index is 1.92. The van der Waals surface area contributed by atoms with Gasteiger partial charge >= 0.3 is 0 Å². The Morgan fingerprint density at radius 3 is 3.05 bits per heavy atom. The van der Waals surface area contributed by atoms with Crippen molar-refractivity contribution in [3.8, 4) is 6.07 Å². The normalized spacial score (nSPS) is 26.6. The fourth-order valence-corrected chi connectivity index (χ4v) is 3.41. The van der Waals surface area contributed by atoms with E-state index in [0.29, 0.717) is 12.1 Å². The largest absolute Gasteiger partial charge is 0.351 e. The van der Waals surface area contributed by atoms with Gasteiger partial charge in [0.15, 0.2) is 0 Å². The van der Waals surface area contributed by atoms with Crippen LogP contribution < -0.4 is 10.2 Å². The molecule has 2 aliphatic heterocycles. The summed E-state index contributed by atoms with van der Waals surface area (Å²) in [6.07, 6.45) is 6.74. The molecule has 0 aliphatic carbocycles. The van der Waals surface area contributed by atoms with Gasteiger partial charge in [-0.3, -0.25) is 0 Å². The molecule has 0 aromatic carbocycles. The van der Waals surface area contributed by atoms with E-state index >= 15 is 0 Å². The highest BCUT2D eigenvalue weighted by Gasteiger charge is 2.35. The predicted octanol–water partition coefficient (Wildman–Crippen LogP) is 1.98. The maximum Gasteiger partial charge on any atom is 0.147 e. The van der Waals surface area contributed by atoms with E-state index in [1.807, 2.05) is 19.2 Å². The number of pyridine rings is 1. The summed E-state index contributed by atoms with van der Waals surface area (Å²) in [5, 5.41) is 13.0. The summed E-state index contributed by atoms with van der Waals surface area (Å²) in [6.45, 7) is 4.14. The Kier molecular flexibility index (Phi) is 3.39. The minimum atomic E-state index is 0.504. The third-order valence-corrected chi connectivity index (χ3v) is 4.39. The Bertz CT molecular complexity index is 499. The zero-order valence-electron chi connectivity index (χ0n) is 11.4. The first-order valence-corrected chi connectivity index (χ1v) is 7.17. The quantitative estimate of drug-likeness (QED) is 0.879. The molecule has 1 aromatic heterocycles. The molecule has 19 heavy (non-hydrogen) atoms. The molecule has 0 bridgehead atoms. The van der Waals surface area contributed by atoms with Gasteiger partial charge in [0.2, 0.25) is 0 Å². The molecule has 2 saturated heterocycles. The fraction of sp³-hybridized carbons (Fsp3) is 0.600. The van der Waals surface area contributed by atoms with Crippen LogP contribution in [0.15, 0.2) is 12.3 Å². The van der Waals surface area contributed by atoms with Crippen molar-refractivity contribution < 1.29 is 0 Å². The molecule has 2 unspecified atom stereocenters. The fourth-order valence-electron chi connectivity index (χ4n) is 3.41. The Hall–Kier alpha value is -1.60. The van der Waals surface area contributed by atoms with Gasteiger partial charge in [-0.05, 0) is 50.8 Å². The molecule has 100 valence electrons. The van der Waals surface area contributed by atoms with Crippen molar-refractivity contribution in [2.45, 2.75) is 44.7 Å². The molecule has 0 spiro atoms. The highest BCUT2D eigenvalue weighted by molar-refractivity contribution is 5.58. The van der Waals surface area contributed by atoms with E-state index in [9.17, 15) is 5.26 Å². The van der Waals surface area contributed by atoms with Gasteiger partial charge in [0, 0.05) is 24.8 Å². The molecular formula is C15H20N4. The van der Waals surface area contributed by atoms with E-state index < -0.39 is 0 Å². The van der Waals surface area contributed by atoms with Crippen LogP contribution in [-0.4, -0.2) is 30.2 Å². The summed E-state index contributed by atoms with van der Waals surface area (Å²) in [6, 6.07) is 5.31. The van der Waals surface area contributed by atoms with Gasteiger partial charge in [-0.25, -0.2) is 4.98 Å². The average Bonchev–Trinajstić information content (AvgIpc) is 3.09. The van der Waals surface area contributed by atoms with Crippen molar-refractivity contribution in [2.75, 3.05) is 18.0 Å². The number of nitrogens with one attached hydrogen (secondary N) is 1. The van der Waals surface area contributed by atoms with Crippen LogP contribution in [0.1, 0.15) is 36.8 Å². The van der Waals surface area contributed by atoms with E-state index in [1.165, 1.54) is 25.7 Å². The highest BCUT2D eigenvalue weighted by atomic mass is 15.3. The molecule has 0 amide bonds. The first-order valence-electron chi connectivity index (χ1n) is 7.17. The number of hydrogen-bond acceptors (Lipinski definition) is 4. The van der Waals surface area contributed by atoms with E-state index in [0.717, 1.165) is 30.0 Å². The van der Waals surface area contributed by atoms with Gasteiger partial charge in [0.05, 0.1) is 5.56 Å². The summed E-state index contributed by atoms with van der Waals surface area (Å²) in [4.78, 5) is 6.85. The number of hydrogen-bond donors (Lipinski definition) is 1. The zero-order valence-corrected chi connectivity index (χ0v) is 11.4. The molecule has 2 atom stereocenters. The number of nitrogens with zero attached hydrogens (tertiary/aromatic N) is 3. The van der Waals surface area contributed by atoms with Crippen LogP contribution in [0, 0.1) is 18.3 Å². The number of nitriles is 1. The molecule has 0 radical (unpaired) electrons. The van der Waals surface area contributed by atoms with Crippen LogP contribution >= 0.6 is 0 Å². The van der Waals surface area contributed by atoms with Crippen molar-refractivity contribution in [1.82, 2.24) is 10.3 Å². The summed E-state index contributed by atoms with van der Waals surface area (Å²) < 4.78 is 0. The Labute approximate surface area is 114 Å². The Morgan fingerprint density at radius 2 is 2.32 bits per heavy atom. The van der Waals surface area contributed by atoms with Crippen molar-refractivity contribution >= 4 is 5.82 Å². The maximum atomic E-state index is 9.38. The van der Waals surface area contributed by atoms with Gasteiger partial charge in [-0.2, -0.15) is 5.26 Å². The van der Waals surface area contributed by atoms with Crippen molar-refractivity contribution in [1.29, 1.82) is 5.26 Å².